The number of hydrogen-bond acceptors (Lipinski definition) is 3. The maximum atomic E-state index is 13.0. The summed E-state index contributed by atoms with van der Waals surface area (Å²) in [5.74, 6) is 1.08. The predicted molar refractivity (Wildman–Crippen MR) is 101 cm³/mol. The lowest BCUT2D eigenvalue weighted by Gasteiger charge is -2.12. The number of carbonyl (C=O) groups is 1. The van der Waals surface area contributed by atoms with E-state index in [2.05, 4.69) is 5.32 Å². The van der Waals surface area contributed by atoms with Crippen LogP contribution in [0.2, 0.25) is 0 Å². The summed E-state index contributed by atoms with van der Waals surface area (Å²) in [6.45, 7) is 4.65. The van der Waals surface area contributed by atoms with Crippen LogP contribution in [0.25, 0.3) is 0 Å². The van der Waals surface area contributed by atoms with Crippen LogP contribution in [0.4, 0.5) is 4.39 Å². The second-order valence-electron chi connectivity index (χ2n) is 6.53. The van der Waals surface area contributed by atoms with Gasteiger partial charge >= 0.3 is 0 Å². The van der Waals surface area contributed by atoms with E-state index in [1.165, 1.54) is 12.1 Å². The fourth-order valence-corrected chi connectivity index (χ4v) is 2.68. The molecule has 27 heavy (non-hydrogen) atoms. The van der Waals surface area contributed by atoms with Gasteiger partial charge in [0.15, 0.2) is 5.76 Å². The lowest BCUT2D eigenvalue weighted by molar-refractivity contribution is 0.0920. The normalized spacial score (nSPS) is 11.8. The topological polar surface area (TPSA) is 51.5 Å². The molecule has 1 unspecified atom stereocenters. The van der Waals surface area contributed by atoms with Crippen molar-refractivity contribution in [2.45, 2.75) is 26.4 Å². The van der Waals surface area contributed by atoms with Crippen molar-refractivity contribution in [3.05, 3.63) is 89.1 Å². The van der Waals surface area contributed by atoms with Gasteiger partial charge in [0, 0.05) is 6.54 Å². The smallest absolute Gasteiger partial charge is 0.287 e. The molecule has 1 N–H and O–H groups in total. The summed E-state index contributed by atoms with van der Waals surface area (Å²) in [5.41, 5.74) is 2.07. The first-order chi connectivity index (χ1) is 13.0. The van der Waals surface area contributed by atoms with Gasteiger partial charge in [-0.3, -0.25) is 4.79 Å². The van der Waals surface area contributed by atoms with Crippen molar-refractivity contribution in [3.63, 3.8) is 0 Å². The molecule has 1 amide bonds. The Morgan fingerprint density at radius 2 is 1.93 bits per heavy atom. The molecule has 2 aromatic carbocycles. The van der Waals surface area contributed by atoms with E-state index >= 15 is 0 Å². The van der Waals surface area contributed by atoms with Crippen molar-refractivity contribution < 1.29 is 18.3 Å². The van der Waals surface area contributed by atoms with E-state index in [0.717, 1.165) is 16.9 Å². The van der Waals surface area contributed by atoms with Crippen molar-refractivity contribution in [1.82, 2.24) is 5.32 Å². The summed E-state index contributed by atoms with van der Waals surface area (Å²) < 4.78 is 24.2. The molecule has 1 heterocycles. The molecule has 0 aliphatic heterocycles. The average molecular weight is 367 g/mol. The quantitative estimate of drug-likeness (QED) is 0.650. The summed E-state index contributed by atoms with van der Waals surface area (Å²) in [7, 11) is 0. The minimum absolute atomic E-state index is 0.0636. The minimum Gasteiger partial charge on any atom is -0.486 e. The summed E-state index contributed by atoms with van der Waals surface area (Å²) in [5, 5.41) is 2.84. The molecular formula is C22H22FNO3. The molecule has 3 aromatic rings. The van der Waals surface area contributed by atoms with Crippen molar-refractivity contribution in [2.24, 2.45) is 0 Å². The third-order valence-electron chi connectivity index (χ3n) is 4.26. The molecule has 0 bridgehead atoms. The summed E-state index contributed by atoms with van der Waals surface area (Å²) in [6.07, 6.45) is 0. The van der Waals surface area contributed by atoms with Gasteiger partial charge in [-0.25, -0.2) is 4.39 Å². The Morgan fingerprint density at radius 1 is 1.15 bits per heavy atom. The maximum Gasteiger partial charge on any atom is 0.287 e. The first kappa shape index (κ1) is 18.7. The highest BCUT2D eigenvalue weighted by Gasteiger charge is 2.13. The SMILES string of the molecule is Cc1cccc(OCc2ccc(C(=O)NCC(C)c3ccc(F)cc3)o2)c1. The van der Waals surface area contributed by atoms with E-state index in [-0.39, 0.29) is 30.0 Å². The van der Waals surface area contributed by atoms with Gasteiger partial charge in [-0.1, -0.05) is 31.2 Å². The van der Waals surface area contributed by atoms with E-state index in [0.29, 0.717) is 12.3 Å². The molecule has 0 spiro atoms. The van der Waals surface area contributed by atoms with Crippen molar-refractivity contribution in [3.8, 4) is 5.75 Å². The summed E-state index contributed by atoms with van der Waals surface area (Å²) in [4.78, 5) is 12.3. The highest BCUT2D eigenvalue weighted by Crippen LogP contribution is 2.17. The van der Waals surface area contributed by atoms with Gasteiger partial charge in [-0.2, -0.15) is 0 Å². The number of carbonyl (C=O) groups excluding carboxylic acids is 1. The lowest BCUT2D eigenvalue weighted by Crippen LogP contribution is -2.27. The van der Waals surface area contributed by atoms with E-state index in [4.69, 9.17) is 9.15 Å². The molecule has 3 rings (SSSR count). The van der Waals surface area contributed by atoms with Gasteiger partial charge < -0.3 is 14.5 Å². The molecule has 0 fully saturated rings. The standard InChI is InChI=1S/C22H22FNO3/c1-15-4-3-5-19(12-15)26-14-20-10-11-21(27-20)22(25)24-13-16(2)17-6-8-18(23)9-7-17/h3-12,16H,13-14H2,1-2H3,(H,24,25). The van der Waals surface area contributed by atoms with Gasteiger partial charge in [0.25, 0.3) is 5.91 Å². The zero-order valence-electron chi connectivity index (χ0n) is 15.4. The van der Waals surface area contributed by atoms with E-state index in [1.807, 2.05) is 38.1 Å². The molecule has 0 saturated carbocycles. The molecule has 1 aromatic heterocycles. The summed E-state index contributed by atoms with van der Waals surface area (Å²) in [6, 6.07) is 17.4. The largest absolute Gasteiger partial charge is 0.486 e. The number of nitrogens with one attached hydrogen (secondary N) is 1. The molecule has 4 nitrogen and oxygen atoms in total. The Balaban J connectivity index is 1.51. The molecule has 0 aliphatic carbocycles. The van der Waals surface area contributed by atoms with Crippen molar-refractivity contribution in [2.75, 3.05) is 6.54 Å². The van der Waals surface area contributed by atoms with Gasteiger partial charge in [0.2, 0.25) is 0 Å². The van der Waals surface area contributed by atoms with Crippen LogP contribution in [-0.2, 0) is 6.61 Å². The number of amides is 1. The van der Waals surface area contributed by atoms with Crippen LogP contribution in [-0.4, -0.2) is 12.5 Å². The van der Waals surface area contributed by atoms with E-state index < -0.39 is 0 Å². The maximum absolute atomic E-state index is 13.0. The number of ether oxygens (including phenoxy) is 1. The van der Waals surface area contributed by atoms with Crippen molar-refractivity contribution >= 4 is 5.91 Å². The Hall–Kier alpha value is -3.08. The number of furan rings is 1. The van der Waals surface area contributed by atoms with Crippen LogP contribution < -0.4 is 10.1 Å². The Bertz CT molecular complexity index is 902. The van der Waals surface area contributed by atoms with Crippen LogP contribution in [0, 0.1) is 12.7 Å². The van der Waals surface area contributed by atoms with E-state index in [1.54, 1.807) is 24.3 Å². The molecule has 5 heteroatoms. The Labute approximate surface area is 158 Å². The average Bonchev–Trinajstić information content (AvgIpc) is 3.14. The molecule has 0 aliphatic rings. The van der Waals surface area contributed by atoms with Gasteiger partial charge in [-0.15, -0.1) is 0 Å². The fraction of sp³-hybridized carbons (Fsp3) is 0.227. The highest BCUT2D eigenvalue weighted by atomic mass is 19.1. The number of halogens is 1. The second-order valence-corrected chi connectivity index (χ2v) is 6.53. The number of rotatable bonds is 7. The van der Waals surface area contributed by atoms with Crippen LogP contribution in [0.5, 0.6) is 5.75 Å². The highest BCUT2D eigenvalue weighted by molar-refractivity contribution is 5.91. The molecular weight excluding hydrogens is 345 g/mol. The van der Waals surface area contributed by atoms with Crippen LogP contribution in [0.15, 0.2) is 65.1 Å². The fourth-order valence-electron chi connectivity index (χ4n) is 2.68. The van der Waals surface area contributed by atoms with Crippen molar-refractivity contribution in [1.29, 1.82) is 0 Å². The van der Waals surface area contributed by atoms with Crippen LogP contribution >= 0.6 is 0 Å². The molecule has 1 atom stereocenters. The monoisotopic (exact) mass is 367 g/mol. The summed E-state index contributed by atoms with van der Waals surface area (Å²) >= 11 is 0. The minimum atomic E-state index is -0.286. The number of aryl methyl sites for hydroxylation is 1. The molecule has 0 saturated heterocycles. The molecule has 140 valence electrons. The van der Waals surface area contributed by atoms with E-state index in [9.17, 15) is 9.18 Å². The first-order valence-corrected chi connectivity index (χ1v) is 8.83. The van der Waals surface area contributed by atoms with Crippen LogP contribution in [0.3, 0.4) is 0 Å². The van der Waals surface area contributed by atoms with Gasteiger partial charge in [-0.05, 0) is 60.4 Å². The second kappa shape index (κ2) is 8.54. The predicted octanol–water partition coefficient (Wildman–Crippen LogP) is 4.84. The van der Waals surface area contributed by atoms with Gasteiger partial charge in [0.1, 0.15) is 23.9 Å². The number of benzene rings is 2. The zero-order valence-corrected chi connectivity index (χ0v) is 15.4. The zero-order chi connectivity index (χ0) is 19.2. The third kappa shape index (κ3) is 5.20. The Kier molecular flexibility index (Phi) is 5.91. The van der Waals surface area contributed by atoms with Gasteiger partial charge in [0.05, 0.1) is 0 Å². The molecule has 0 radical (unpaired) electrons. The third-order valence-corrected chi connectivity index (χ3v) is 4.26. The Morgan fingerprint density at radius 3 is 2.67 bits per heavy atom. The first-order valence-electron chi connectivity index (χ1n) is 8.83. The lowest BCUT2D eigenvalue weighted by atomic mass is 10.0. The number of hydrogen-bond donors (Lipinski definition) is 1. The van der Waals surface area contributed by atoms with Crippen LogP contribution in [0.1, 0.15) is 40.3 Å².